The van der Waals surface area contributed by atoms with Crippen LogP contribution in [-0.2, 0) is 10.1 Å². The number of hydrogen-bond acceptors (Lipinski definition) is 3. The van der Waals surface area contributed by atoms with Crippen molar-refractivity contribution in [3.63, 3.8) is 0 Å². The van der Waals surface area contributed by atoms with Gasteiger partial charge in [-0.1, -0.05) is 30.4 Å². The van der Waals surface area contributed by atoms with Gasteiger partial charge in [0.15, 0.2) is 0 Å². The van der Waals surface area contributed by atoms with E-state index >= 15 is 0 Å². The lowest BCUT2D eigenvalue weighted by molar-refractivity contribution is -0.679. The van der Waals surface area contributed by atoms with E-state index in [1.807, 2.05) is 38.1 Å². The molecule has 0 saturated carbocycles. The summed E-state index contributed by atoms with van der Waals surface area (Å²) in [6, 6.07) is 7.63. The molecule has 2 rings (SSSR count). The van der Waals surface area contributed by atoms with Gasteiger partial charge in [0.25, 0.3) is 5.37 Å². The van der Waals surface area contributed by atoms with Crippen LogP contribution in [0.15, 0.2) is 24.3 Å². The molecule has 6 heteroatoms. The number of rotatable bonds is 4. The Hall–Kier alpha value is -0.980. The summed E-state index contributed by atoms with van der Waals surface area (Å²) in [7, 11) is -4.09. The molecule has 0 aliphatic rings. The van der Waals surface area contributed by atoms with Crippen molar-refractivity contribution in [1.82, 2.24) is 0 Å². The number of benzene rings is 1. The molecule has 0 bridgehead atoms. The molecule has 1 aromatic heterocycles. The minimum atomic E-state index is -4.09. The molecule has 0 fully saturated rings. The molecule has 98 valence electrons. The first-order valence-corrected chi connectivity index (χ1v) is 8.13. The Morgan fingerprint density at radius 1 is 1.39 bits per heavy atom. The van der Waals surface area contributed by atoms with Crippen molar-refractivity contribution in [3.8, 4) is 0 Å². The second kappa shape index (κ2) is 4.95. The standard InChI is InChI=1S/C12H15NO3S2/c1-3-6-12(18(14,15)16)13-9(2)17-11-8-5-4-7-10(11)13/h4-5,7-8,12H,3,6H2,1-2H3/p+1. The first-order valence-electron chi connectivity index (χ1n) is 5.81. The molecule has 0 amide bonds. The van der Waals surface area contributed by atoms with Crippen LogP contribution in [0, 0.1) is 6.92 Å². The van der Waals surface area contributed by atoms with Gasteiger partial charge in [-0.3, -0.25) is 4.55 Å². The Kier molecular flexibility index (Phi) is 3.70. The summed E-state index contributed by atoms with van der Waals surface area (Å²) in [6.07, 6.45) is 1.10. The fourth-order valence-electron chi connectivity index (χ4n) is 2.14. The van der Waals surface area contributed by atoms with Gasteiger partial charge < -0.3 is 0 Å². The second-order valence-corrected chi connectivity index (χ2v) is 7.03. The van der Waals surface area contributed by atoms with Crippen LogP contribution in [-0.4, -0.2) is 13.0 Å². The maximum absolute atomic E-state index is 11.6. The number of aromatic nitrogens is 1. The van der Waals surface area contributed by atoms with E-state index in [1.54, 1.807) is 4.57 Å². The number of nitrogens with zero attached hydrogens (tertiary/aromatic N) is 1. The number of aryl methyl sites for hydroxylation is 1. The average molecular weight is 286 g/mol. The number of hydrogen-bond donors (Lipinski definition) is 1. The molecule has 18 heavy (non-hydrogen) atoms. The smallest absolute Gasteiger partial charge is 0.280 e. The first kappa shape index (κ1) is 13.5. The summed E-state index contributed by atoms with van der Waals surface area (Å²) in [5, 5.41) is -0.00840. The van der Waals surface area contributed by atoms with Crippen molar-refractivity contribution >= 4 is 31.7 Å². The Morgan fingerprint density at radius 2 is 2.06 bits per heavy atom. The van der Waals surface area contributed by atoms with E-state index in [1.165, 1.54) is 11.3 Å². The van der Waals surface area contributed by atoms with Crippen LogP contribution in [0.1, 0.15) is 30.1 Å². The van der Waals surface area contributed by atoms with E-state index in [9.17, 15) is 13.0 Å². The van der Waals surface area contributed by atoms with Crippen molar-refractivity contribution in [2.24, 2.45) is 0 Å². The van der Waals surface area contributed by atoms with Gasteiger partial charge >= 0.3 is 10.1 Å². The van der Waals surface area contributed by atoms with Gasteiger partial charge in [-0.15, -0.1) is 0 Å². The SMILES string of the molecule is CCCC([n+]1c(C)sc2ccccc21)S(=O)(=O)O. The summed E-state index contributed by atoms with van der Waals surface area (Å²) in [4.78, 5) is 0. The Labute approximate surface area is 111 Å². The Balaban J connectivity index is 2.67. The predicted molar refractivity (Wildman–Crippen MR) is 72.3 cm³/mol. The summed E-state index contributed by atoms with van der Waals surface area (Å²) in [5.74, 6) is 0. The topological polar surface area (TPSA) is 58.2 Å². The zero-order valence-electron chi connectivity index (χ0n) is 10.3. The van der Waals surface area contributed by atoms with E-state index in [0.29, 0.717) is 12.8 Å². The molecule has 1 heterocycles. The Morgan fingerprint density at radius 3 is 2.67 bits per heavy atom. The van der Waals surface area contributed by atoms with Crippen molar-refractivity contribution in [3.05, 3.63) is 29.3 Å². The zero-order chi connectivity index (χ0) is 13.3. The monoisotopic (exact) mass is 286 g/mol. The quantitative estimate of drug-likeness (QED) is 0.694. The molecule has 1 N–H and O–H groups in total. The number of thiazole rings is 1. The van der Waals surface area contributed by atoms with Crippen LogP contribution in [0.4, 0.5) is 0 Å². The van der Waals surface area contributed by atoms with Gasteiger partial charge in [-0.05, 0) is 12.5 Å². The molecule has 1 unspecified atom stereocenters. The highest BCUT2D eigenvalue weighted by atomic mass is 32.2. The van der Waals surface area contributed by atoms with Crippen LogP contribution >= 0.6 is 11.3 Å². The molecule has 4 nitrogen and oxygen atoms in total. The molecule has 0 saturated heterocycles. The van der Waals surface area contributed by atoms with Gasteiger partial charge in [-0.25, -0.2) is 0 Å². The lowest BCUT2D eigenvalue weighted by Gasteiger charge is -2.08. The third-order valence-corrected chi connectivity index (χ3v) is 5.08. The van der Waals surface area contributed by atoms with E-state index in [-0.39, 0.29) is 0 Å². The molecule has 2 aromatic rings. The molecular weight excluding hydrogens is 270 g/mol. The minimum absolute atomic E-state index is 0.408. The summed E-state index contributed by atoms with van der Waals surface area (Å²) >= 11 is 1.54. The third kappa shape index (κ3) is 2.41. The fourth-order valence-corrected chi connectivity index (χ4v) is 4.33. The summed E-state index contributed by atoms with van der Waals surface area (Å²) < 4.78 is 35.3. The second-order valence-electron chi connectivity index (χ2n) is 4.22. The predicted octanol–water partition coefficient (Wildman–Crippen LogP) is 2.68. The average Bonchev–Trinajstić information content (AvgIpc) is 2.60. The first-order chi connectivity index (χ1) is 8.45. The maximum atomic E-state index is 11.6. The van der Waals surface area contributed by atoms with Crippen LogP contribution < -0.4 is 4.57 Å². The van der Waals surface area contributed by atoms with Crippen LogP contribution in [0.25, 0.3) is 10.2 Å². The normalized spacial score (nSPS) is 13.9. The number of fused-ring (bicyclic) bond motifs is 1. The van der Waals surface area contributed by atoms with Crippen LogP contribution in [0.5, 0.6) is 0 Å². The van der Waals surface area contributed by atoms with Gasteiger partial charge in [0.1, 0.15) is 4.70 Å². The van der Waals surface area contributed by atoms with E-state index in [2.05, 4.69) is 0 Å². The Bertz CT molecular complexity index is 661. The number of para-hydroxylation sites is 1. The van der Waals surface area contributed by atoms with E-state index < -0.39 is 15.5 Å². The molecule has 0 spiro atoms. The molecule has 1 aromatic carbocycles. The zero-order valence-corrected chi connectivity index (χ0v) is 12.0. The van der Waals surface area contributed by atoms with Crippen molar-refractivity contribution in [1.29, 1.82) is 0 Å². The van der Waals surface area contributed by atoms with Gasteiger partial charge in [0.2, 0.25) is 10.5 Å². The molecule has 0 aliphatic heterocycles. The molecule has 0 radical (unpaired) electrons. The molecule has 0 aliphatic carbocycles. The lowest BCUT2D eigenvalue weighted by atomic mass is 10.3. The van der Waals surface area contributed by atoms with Crippen molar-refractivity contribution in [2.45, 2.75) is 32.1 Å². The highest BCUT2D eigenvalue weighted by Gasteiger charge is 2.35. The summed E-state index contributed by atoms with van der Waals surface area (Å²) in [5.41, 5.74) is 0.857. The van der Waals surface area contributed by atoms with Gasteiger partial charge in [0, 0.05) is 19.4 Å². The fraction of sp³-hybridized carbons (Fsp3) is 0.417. The molecule has 1 atom stereocenters. The third-order valence-electron chi connectivity index (χ3n) is 2.89. The van der Waals surface area contributed by atoms with E-state index in [4.69, 9.17) is 0 Å². The highest BCUT2D eigenvalue weighted by molar-refractivity contribution is 7.85. The summed E-state index contributed by atoms with van der Waals surface area (Å²) in [6.45, 7) is 3.78. The van der Waals surface area contributed by atoms with Crippen molar-refractivity contribution < 1.29 is 17.5 Å². The van der Waals surface area contributed by atoms with Crippen molar-refractivity contribution in [2.75, 3.05) is 0 Å². The highest BCUT2D eigenvalue weighted by Crippen LogP contribution is 2.24. The van der Waals surface area contributed by atoms with Gasteiger partial charge in [-0.2, -0.15) is 13.0 Å². The van der Waals surface area contributed by atoms with Gasteiger partial charge in [0.05, 0.1) is 0 Å². The minimum Gasteiger partial charge on any atom is -0.280 e. The molecular formula is C12H16NO3S2+. The maximum Gasteiger partial charge on any atom is 0.329 e. The van der Waals surface area contributed by atoms with E-state index in [0.717, 1.165) is 15.2 Å². The largest absolute Gasteiger partial charge is 0.329 e. The lowest BCUT2D eigenvalue weighted by Crippen LogP contribution is -2.44. The van der Waals surface area contributed by atoms with Crippen LogP contribution in [0.3, 0.4) is 0 Å². The van der Waals surface area contributed by atoms with Crippen LogP contribution in [0.2, 0.25) is 0 Å².